The van der Waals surface area contributed by atoms with Gasteiger partial charge >= 0.3 is 0 Å². The molecular formula is C11H23N. The second kappa shape index (κ2) is 2.73. The molecule has 0 radical (unpaired) electrons. The van der Waals surface area contributed by atoms with Gasteiger partial charge in [0.15, 0.2) is 0 Å². The average molecular weight is 169 g/mol. The summed E-state index contributed by atoms with van der Waals surface area (Å²) in [6.45, 7) is 14.4. The van der Waals surface area contributed by atoms with Crippen LogP contribution in [0.25, 0.3) is 0 Å². The maximum absolute atomic E-state index is 2.42. The van der Waals surface area contributed by atoms with Crippen molar-refractivity contribution in [1.82, 2.24) is 4.90 Å². The first-order valence-corrected chi connectivity index (χ1v) is 4.98. The minimum Gasteiger partial charge on any atom is -0.305 e. The van der Waals surface area contributed by atoms with Crippen molar-refractivity contribution in [1.29, 1.82) is 0 Å². The van der Waals surface area contributed by atoms with E-state index in [-0.39, 0.29) is 0 Å². The molecule has 0 aromatic heterocycles. The Hall–Kier alpha value is -0.0400. The molecule has 0 aliphatic carbocycles. The van der Waals surface area contributed by atoms with Gasteiger partial charge in [-0.15, -0.1) is 0 Å². The topological polar surface area (TPSA) is 3.24 Å². The van der Waals surface area contributed by atoms with Crippen LogP contribution in [0.1, 0.15) is 34.6 Å². The lowest BCUT2D eigenvalue weighted by Crippen LogP contribution is -2.63. The van der Waals surface area contributed by atoms with Crippen LogP contribution in [0, 0.1) is 16.7 Å². The van der Waals surface area contributed by atoms with Crippen LogP contribution >= 0.6 is 0 Å². The van der Waals surface area contributed by atoms with Crippen molar-refractivity contribution in [2.45, 2.75) is 34.6 Å². The van der Waals surface area contributed by atoms with Crippen LogP contribution in [0.15, 0.2) is 0 Å². The second-order valence-corrected chi connectivity index (χ2v) is 5.73. The van der Waals surface area contributed by atoms with Gasteiger partial charge in [0.1, 0.15) is 0 Å². The van der Waals surface area contributed by atoms with Crippen LogP contribution in [0.2, 0.25) is 0 Å². The lowest BCUT2D eigenvalue weighted by Gasteiger charge is -2.59. The molecule has 72 valence electrons. The van der Waals surface area contributed by atoms with Crippen molar-refractivity contribution in [3.8, 4) is 0 Å². The second-order valence-electron chi connectivity index (χ2n) is 5.73. The molecule has 0 aromatic carbocycles. The molecule has 0 aromatic rings. The molecule has 1 saturated heterocycles. The molecule has 0 bridgehead atoms. The highest BCUT2D eigenvalue weighted by Crippen LogP contribution is 2.50. The molecule has 1 heteroatoms. The summed E-state index contributed by atoms with van der Waals surface area (Å²) >= 11 is 0. The number of rotatable bonds is 1. The van der Waals surface area contributed by atoms with Gasteiger partial charge in [-0.2, -0.15) is 0 Å². The molecule has 0 atom stereocenters. The molecule has 1 aliphatic heterocycles. The van der Waals surface area contributed by atoms with Gasteiger partial charge in [0.05, 0.1) is 0 Å². The highest BCUT2D eigenvalue weighted by Gasteiger charge is 2.51. The first kappa shape index (κ1) is 10.0. The summed E-state index contributed by atoms with van der Waals surface area (Å²) in [6.07, 6.45) is 0. The number of hydrogen-bond donors (Lipinski definition) is 0. The third-order valence-electron chi connectivity index (χ3n) is 3.70. The van der Waals surface area contributed by atoms with Crippen LogP contribution in [0.5, 0.6) is 0 Å². The largest absolute Gasteiger partial charge is 0.305 e. The Labute approximate surface area is 77.1 Å². The van der Waals surface area contributed by atoms with E-state index in [1.54, 1.807) is 0 Å². The molecule has 0 unspecified atom stereocenters. The van der Waals surface area contributed by atoms with Gasteiger partial charge in [0.2, 0.25) is 0 Å². The molecular weight excluding hydrogens is 146 g/mol. The number of nitrogens with zero attached hydrogens (tertiary/aromatic N) is 1. The molecule has 1 nitrogen and oxygen atoms in total. The molecule has 0 spiro atoms. The van der Waals surface area contributed by atoms with E-state index in [4.69, 9.17) is 0 Å². The third kappa shape index (κ3) is 1.28. The molecule has 0 N–H and O–H groups in total. The van der Waals surface area contributed by atoms with Gasteiger partial charge in [0, 0.05) is 18.5 Å². The van der Waals surface area contributed by atoms with Crippen molar-refractivity contribution in [2.24, 2.45) is 16.7 Å². The molecule has 12 heavy (non-hydrogen) atoms. The number of hydrogen-bond acceptors (Lipinski definition) is 1. The Kier molecular flexibility index (Phi) is 2.28. The fourth-order valence-corrected chi connectivity index (χ4v) is 2.62. The smallest absolute Gasteiger partial charge is 0.00549 e. The van der Waals surface area contributed by atoms with E-state index in [2.05, 4.69) is 46.6 Å². The summed E-state index contributed by atoms with van der Waals surface area (Å²) < 4.78 is 0. The van der Waals surface area contributed by atoms with Gasteiger partial charge < -0.3 is 4.90 Å². The molecule has 1 rings (SSSR count). The minimum absolute atomic E-state index is 0.452. The zero-order valence-electron chi connectivity index (χ0n) is 9.44. The summed E-state index contributed by atoms with van der Waals surface area (Å²) in [6, 6.07) is 0. The maximum Gasteiger partial charge on any atom is 0.00549 e. The van der Waals surface area contributed by atoms with Gasteiger partial charge in [-0.25, -0.2) is 0 Å². The van der Waals surface area contributed by atoms with Gasteiger partial charge in [-0.1, -0.05) is 34.6 Å². The molecule has 1 heterocycles. The molecule has 1 fully saturated rings. The normalized spacial score (nSPS) is 24.2. The Morgan fingerprint density at radius 1 is 1.17 bits per heavy atom. The molecule has 0 saturated carbocycles. The highest BCUT2D eigenvalue weighted by molar-refractivity contribution is 5.02. The van der Waals surface area contributed by atoms with E-state index >= 15 is 0 Å². The summed E-state index contributed by atoms with van der Waals surface area (Å²) in [5.41, 5.74) is 1.01. The van der Waals surface area contributed by atoms with E-state index in [9.17, 15) is 0 Å². The first-order valence-electron chi connectivity index (χ1n) is 4.98. The Bertz CT molecular complexity index is 158. The van der Waals surface area contributed by atoms with Crippen molar-refractivity contribution in [2.75, 3.05) is 20.1 Å². The lowest BCUT2D eigenvalue weighted by atomic mass is 9.56. The minimum atomic E-state index is 0.452. The van der Waals surface area contributed by atoms with Crippen LogP contribution in [-0.4, -0.2) is 25.0 Å². The lowest BCUT2D eigenvalue weighted by molar-refractivity contribution is -0.102. The summed E-state index contributed by atoms with van der Waals surface area (Å²) in [4.78, 5) is 2.42. The standard InChI is InChI=1S/C11H23N/c1-9(2)11(10(3,4)5)7-12(6)8-11/h9H,7-8H2,1-6H3. The highest BCUT2D eigenvalue weighted by atomic mass is 15.2. The van der Waals surface area contributed by atoms with E-state index in [1.807, 2.05) is 0 Å². The van der Waals surface area contributed by atoms with Gasteiger partial charge in [-0.05, 0) is 18.4 Å². The Balaban J connectivity index is 2.77. The van der Waals surface area contributed by atoms with E-state index in [0.29, 0.717) is 10.8 Å². The maximum atomic E-state index is 2.42. The zero-order chi connectivity index (χ0) is 9.57. The average Bonchev–Trinajstić information content (AvgIpc) is 1.76. The fourth-order valence-electron chi connectivity index (χ4n) is 2.62. The van der Waals surface area contributed by atoms with Crippen LogP contribution in [0.4, 0.5) is 0 Å². The van der Waals surface area contributed by atoms with Gasteiger partial charge in [0.25, 0.3) is 0 Å². The first-order chi connectivity index (χ1) is 5.29. The SMILES string of the molecule is CC(C)C1(C(C)(C)C)CN(C)C1. The van der Waals surface area contributed by atoms with E-state index in [0.717, 1.165) is 5.92 Å². The molecule has 1 aliphatic rings. The fraction of sp³-hybridized carbons (Fsp3) is 1.00. The third-order valence-corrected chi connectivity index (χ3v) is 3.70. The van der Waals surface area contributed by atoms with Crippen molar-refractivity contribution < 1.29 is 0 Å². The van der Waals surface area contributed by atoms with Gasteiger partial charge in [-0.3, -0.25) is 0 Å². The predicted octanol–water partition coefficient (Wildman–Crippen LogP) is 2.62. The summed E-state index contributed by atoms with van der Waals surface area (Å²) in [5, 5.41) is 0. The zero-order valence-corrected chi connectivity index (χ0v) is 9.44. The van der Waals surface area contributed by atoms with E-state index < -0.39 is 0 Å². The Morgan fingerprint density at radius 2 is 1.58 bits per heavy atom. The quantitative estimate of drug-likeness (QED) is 0.583. The van der Waals surface area contributed by atoms with Crippen LogP contribution in [0.3, 0.4) is 0 Å². The number of likely N-dealkylation sites (tertiary alicyclic amines) is 1. The molecule has 0 amide bonds. The Morgan fingerprint density at radius 3 is 1.67 bits per heavy atom. The summed E-state index contributed by atoms with van der Waals surface area (Å²) in [7, 11) is 2.21. The summed E-state index contributed by atoms with van der Waals surface area (Å²) in [5.74, 6) is 0.800. The van der Waals surface area contributed by atoms with Crippen LogP contribution < -0.4 is 0 Å². The van der Waals surface area contributed by atoms with Crippen LogP contribution in [-0.2, 0) is 0 Å². The van der Waals surface area contributed by atoms with Crippen molar-refractivity contribution >= 4 is 0 Å². The van der Waals surface area contributed by atoms with E-state index in [1.165, 1.54) is 13.1 Å². The predicted molar refractivity (Wildman–Crippen MR) is 54.2 cm³/mol. The van der Waals surface area contributed by atoms with Crippen molar-refractivity contribution in [3.63, 3.8) is 0 Å². The monoisotopic (exact) mass is 169 g/mol. The van der Waals surface area contributed by atoms with Crippen molar-refractivity contribution in [3.05, 3.63) is 0 Å².